The minimum Gasteiger partial charge on any atom is -0.469 e. The minimum atomic E-state index is -0.891. The summed E-state index contributed by atoms with van der Waals surface area (Å²) in [5.41, 5.74) is 0.376. The maximum atomic E-state index is 12.2. The molecule has 0 amide bonds. The van der Waals surface area contributed by atoms with Gasteiger partial charge in [0.25, 0.3) is 0 Å². The summed E-state index contributed by atoms with van der Waals surface area (Å²) in [7, 11) is 1.24. The highest BCUT2D eigenvalue weighted by molar-refractivity contribution is 5.90. The lowest BCUT2D eigenvalue weighted by molar-refractivity contribution is -0.158. The van der Waals surface area contributed by atoms with E-state index in [4.69, 9.17) is 14.2 Å². The molecule has 1 aromatic rings. The van der Waals surface area contributed by atoms with Gasteiger partial charge in [0.05, 0.1) is 25.2 Å². The van der Waals surface area contributed by atoms with Crippen LogP contribution >= 0.6 is 0 Å². The van der Waals surface area contributed by atoms with Crippen molar-refractivity contribution in [3.05, 3.63) is 48.0 Å². The third-order valence-corrected chi connectivity index (χ3v) is 4.17. The van der Waals surface area contributed by atoms with Crippen molar-refractivity contribution < 1.29 is 28.6 Å². The fraction of sp³-hybridized carbons (Fsp3) is 0.353. The van der Waals surface area contributed by atoms with Crippen molar-refractivity contribution in [3.63, 3.8) is 0 Å². The second-order valence-corrected chi connectivity index (χ2v) is 5.49. The molecule has 1 fully saturated rings. The number of methoxy groups -OCH3 is 1. The lowest BCUT2D eigenvalue weighted by Crippen LogP contribution is -2.43. The molecule has 6 nitrogen and oxygen atoms in total. The van der Waals surface area contributed by atoms with Crippen molar-refractivity contribution >= 4 is 17.9 Å². The molecule has 0 spiro atoms. The van der Waals surface area contributed by atoms with Crippen LogP contribution in [0.4, 0.5) is 0 Å². The summed E-state index contributed by atoms with van der Waals surface area (Å²) in [5, 5.41) is 0. The van der Waals surface area contributed by atoms with Crippen LogP contribution in [0.5, 0.6) is 0 Å². The van der Waals surface area contributed by atoms with Crippen molar-refractivity contribution in [2.45, 2.75) is 6.10 Å². The van der Waals surface area contributed by atoms with Crippen molar-refractivity contribution in [3.8, 4) is 0 Å². The van der Waals surface area contributed by atoms with Crippen LogP contribution in [0.25, 0.3) is 0 Å². The average molecular weight is 316 g/mol. The Balaban J connectivity index is 1.85. The van der Waals surface area contributed by atoms with Crippen molar-refractivity contribution in [2.75, 3.05) is 13.7 Å². The molecule has 1 saturated heterocycles. The molecule has 0 aromatic heterocycles. The molecule has 1 aliphatic carbocycles. The summed E-state index contributed by atoms with van der Waals surface area (Å²) < 4.78 is 15.3. The predicted octanol–water partition coefficient (Wildman–Crippen LogP) is 1.36. The van der Waals surface area contributed by atoms with E-state index in [2.05, 4.69) is 0 Å². The molecule has 1 heterocycles. The summed E-state index contributed by atoms with van der Waals surface area (Å²) in [6.07, 6.45) is 2.53. The van der Waals surface area contributed by atoms with E-state index in [-0.39, 0.29) is 12.5 Å². The van der Waals surface area contributed by atoms with E-state index in [9.17, 15) is 14.4 Å². The monoisotopic (exact) mass is 316 g/mol. The molecule has 0 N–H and O–H groups in total. The third kappa shape index (κ3) is 2.84. The van der Waals surface area contributed by atoms with E-state index in [0.717, 1.165) is 0 Å². The molecule has 120 valence electrons. The topological polar surface area (TPSA) is 78.9 Å². The Bertz CT molecular complexity index is 650. The number of fused-ring (bicyclic) bond motifs is 1. The first-order valence-corrected chi connectivity index (χ1v) is 7.30. The largest absolute Gasteiger partial charge is 0.469 e. The smallest absolute Gasteiger partial charge is 0.338 e. The number of rotatable bonds is 3. The molecule has 0 saturated carbocycles. The van der Waals surface area contributed by atoms with E-state index < -0.39 is 35.8 Å². The van der Waals surface area contributed by atoms with Crippen LogP contribution in [0.2, 0.25) is 0 Å². The lowest BCUT2D eigenvalue weighted by Gasteiger charge is -2.31. The molecular weight excluding hydrogens is 300 g/mol. The number of carbonyl (C=O) groups is 3. The number of benzene rings is 1. The first-order valence-electron chi connectivity index (χ1n) is 7.30. The van der Waals surface area contributed by atoms with Gasteiger partial charge in [-0.15, -0.1) is 0 Å². The quantitative estimate of drug-likeness (QED) is 0.476. The summed E-state index contributed by atoms with van der Waals surface area (Å²) in [4.78, 5) is 36.3. The molecule has 1 aromatic carbocycles. The van der Waals surface area contributed by atoms with Crippen LogP contribution in [0.1, 0.15) is 10.4 Å². The van der Waals surface area contributed by atoms with Gasteiger partial charge in [0.2, 0.25) is 0 Å². The molecule has 1 aliphatic heterocycles. The summed E-state index contributed by atoms with van der Waals surface area (Å²) in [5.74, 6) is -3.37. The van der Waals surface area contributed by atoms with Crippen LogP contribution in [0.15, 0.2) is 42.5 Å². The van der Waals surface area contributed by atoms with Gasteiger partial charge in [-0.05, 0) is 18.2 Å². The Labute approximate surface area is 133 Å². The third-order valence-electron chi connectivity index (χ3n) is 4.17. The zero-order chi connectivity index (χ0) is 16.4. The van der Waals surface area contributed by atoms with E-state index in [1.54, 1.807) is 42.5 Å². The van der Waals surface area contributed by atoms with Gasteiger partial charge >= 0.3 is 17.9 Å². The number of esters is 3. The molecule has 0 radical (unpaired) electrons. The number of cyclic esters (lactones) is 1. The molecule has 3 rings (SSSR count). The number of hydrogen-bond acceptors (Lipinski definition) is 6. The van der Waals surface area contributed by atoms with Gasteiger partial charge in [0.1, 0.15) is 12.0 Å². The van der Waals surface area contributed by atoms with Crippen LogP contribution in [-0.2, 0) is 23.8 Å². The van der Waals surface area contributed by atoms with Gasteiger partial charge in [-0.2, -0.15) is 0 Å². The fourth-order valence-corrected chi connectivity index (χ4v) is 3.01. The highest BCUT2D eigenvalue weighted by Crippen LogP contribution is 2.38. The van der Waals surface area contributed by atoms with Gasteiger partial charge in [-0.3, -0.25) is 9.59 Å². The fourth-order valence-electron chi connectivity index (χ4n) is 3.01. The molecule has 23 heavy (non-hydrogen) atoms. The zero-order valence-electron chi connectivity index (χ0n) is 12.5. The van der Waals surface area contributed by atoms with E-state index in [1.807, 2.05) is 0 Å². The van der Waals surface area contributed by atoms with Crippen molar-refractivity contribution in [1.82, 2.24) is 0 Å². The van der Waals surface area contributed by atoms with Gasteiger partial charge in [0.15, 0.2) is 0 Å². The van der Waals surface area contributed by atoms with Gasteiger partial charge in [-0.1, -0.05) is 24.3 Å². The van der Waals surface area contributed by atoms with Gasteiger partial charge in [-0.25, -0.2) is 4.79 Å². The van der Waals surface area contributed by atoms with E-state index in [0.29, 0.717) is 5.56 Å². The lowest BCUT2D eigenvalue weighted by atomic mass is 9.76. The second kappa shape index (κ2) is 6.24. The number of ether oxygens (including phenoxy) is 3. The van der Waals surface area contributed by atoms with Crippen molar-refractivity contribution in [1.29, 1.82) is 0 Å². The molecule has 0 bridgehead atoms. The Kier molecular flexibility index (Phi) is 4.14. The summed E-state index contributed by atoms with van der Waals surface area (Å²) >= 11 is 0. The molecule has 6 heteroatoms. The molecule has 4 atom stereocenters. The minimum absolute atomic E-state index is 0.196. The van der Waals surface area contributed by atoms with Crippen LogP contribution in [0, 0.1) is 17.8 Å². The summed E-state index contributed by atoms with van der Waals surface area (Å²) in [6.45, 7) is 0.229. The highest BCUT2D eigenvalue weighted by Gasteiger charge is 2.51. The summed E-state index contributed by atoms with van der Waals surface area (Å²) in [6, 6.07) is 8.46. The molecule has 0 unspecified atom stereocenters. The van der Waals surface area contributed by atoms with Gasteiger partial charge < -0.3 is 14.2 Å². The van der Waals surface area contributed by atoms with Gasteiger partial charge in [0, 0.05) is 5.92 Å². The Morgan fingerprint density at radius 3 is 2.61 bits per heavy atom. The number of hydrogen-bond donors (Lipinski definition) is 0. The first kappa shape index (κ1) is 15.3. The van der Waals surface area contributed by atoms with E-state index >= 15 is 0 Å². The van der Waals surface area contributed by atoms with Crippen molar-refractivity contribution in [2.24, 2.45) is 17.8 Å². The maximum Gasteiger partial charge on any atom is 0.338 e. The Morgan fingerprint density at radius 1 is 1.17 bits per heavy atom. The van der Waals surface area contributed by atoms with Crippen LogP contribution < -0.4 is 0 Å². The molecule has 2 aliphatic rings. The Hall–Kier alpha value is -2.63. The molecular formula is C17H16O6. The zero-order valence-corrected chi connectivity index (χ0v) is 12.5. The standard InChI is InChI=1S/C17H16O6/c1-21-16(19)14-12(8-7-11-9-22-17(20)13(11)14)23-15(18)10-5-3-2-4-6-10/h2-8,11-14H,9H2,1H3/t11-,12-,13+,14-/m1/s1. The second-order valence-electron chi connectivity index (χ2n) is 5.49. The Morgan fingerprint density at radius 2 is 1.91 bits per heavy atom. The predicted molar refractivity (Wildman–Crippen MR) is 78.2 cm³/mol. The van der Waals surface area contributed by atoms with E-state index in [1.165, 1.54) is 7.11 Å². The SMILES string of the molecule is COC(=O)[C@H]1[C@H]2C(=O)OC[C@H]2C=C[C@H]1OC(=O)c1ccccc1. The normalized spacial score (nSPS) is 28.7. The maximum absolute atomic E-state index is 12.2. The van der Waals surface area contributed by atoms with Crippen LogP contribution in [0.3, 0.4) is 0 Å². The first-order chi connectivity index (χ1) is 11.1. The number of carbonyl (C=O) groups excluding carboxylic acids is 3. The highest BCUT2D eigenvalue weighted by atomic mass is 16.6. The van der Waals surface area contributed by atoms with Crippen LogP contribution in [-0.4, -0.2) is 37.7 Å². The average Bonchev–Trinajstić information content (AvgIpc) is 2.96.